The summed E-state index contributed by atoms with van der Waals surface area (Å²) in [5, 5.41) is 11.5. The van der Waals surface area contributed by atoms with Crippen LogP contribution in [0.5, 0.6) is 0 Å². The molecule has 0 aromatic carbocycles. The van der Waals surface area contributed by atoms with Crippen molar-refractivity contribution >= 4 is 5.91 Å². The third kappa shape index (κ3) is 2.76. The number of hydrogen-bond acceptors (Lipinski definition) is 4. The molecule has 7 heteroatoms. The average Bonchev–Trinajstić information content (AvgIpc) is 3.12. The second-order valence-electron chi connectivity index (χ2n) is 5.55. The van der Waals surface area contributed by atoms with E-state index in [1.807, 2.05) is 17.8 Å². The molecule has 0 spiro atoms. The van der Waals surface area contributed by atoms with Crippen LogP contribution in [0, 0.1) is 0 Å². The van der Waals surface area contributed by atoms with E-state index in [9.17, 15) is 4.79 Å². The maximum atomic E-state index is 12.6. The molecule has 1 aliphatic rings. The number of hydrogen-bond donors (Lipinski definition) is 1. The second kappa shape index (κ2) is 6.31. The van der Waals surface area contributed by atoms with Crippen LogP contribution < -0.4 is 5.32 Å². The van der Waals surface area contributed by atoms with Gasteiger partial charge in [-0.2, -0.15) is 10.2 Å². The Morgan fingerprint density at radius 3 is 3.05 bits per heavy atom. The number of nitrogens with one attached hydrogen (secondary N) is 1. The molecule has 0 radical (unpaired) electrons. The summed E-state index contributed by atoms with van der Waals surface area (Å²) in [4.78, 5) is 12.6. The van der Waals surface area contributed by atoms with E-state index >= 15 is 0 Å². The van der Waals surface area contributed by atoms with E-state index in [1.54, 1.807) is 24.2 Å². The van der Waals surface area contributed by atoms with Crippen LogP contribution in [0.15, 0.2) is 18.5 Å². The summed E-state index contributed by atoms with van der Waals surface area (Å²) in [5.74, 6) is -0.105. The number of rotatable bonds is 5. The maximum Gasteiger partial charge on any atom is 0.255 e. The fourth-order valence-corrected chi connectivity index (χ4v) is 2.94. The molecule has 2 aromatic rings. The number of methoxy groups -OCH3 is 1. The number of aromatic nitrogens is 4. The van der Waals surface area contributed by atoms with Gasteiger partial charge in [0.05, 0.1) is 35.8 Å². The zero-order valence-electron chi connectivity index (χ0n) is 13.0. The molecule has 0 bridgehead atoms. The largest absolute Gasteiger partial charge is 0.382 e. The number of fused-ring (bicyclic) bond motifs is 1. The van der Waals surface area contributed by atoms with E-state index in [0.29, 0.717) is 12.2 Å². The van der Waals surface area contributed by atoms with Crippen molar-refractivity contribution in [2.24, 2.45) is 7.05 Å². The molecule has 7 nitrogen and oxygen atoms in total. The minimum Gasteiger partial charge on any atom is -0.382 e. The minimum absolute atomic E-state index is 0.105. The van der Waals surface area contributed by atoms with Gasteiger partial charge in [-0.05, 0) is 25.3 Å². The van der Waals surface area contributed by atoms with Crippen molar-refractivity contribution in [1.29, 1.82) is 0 Å². The van der Waals surface area contributed by atoms with Gasteiger partial charge >= 0.3 is 0 Å². The third-order valence-corrected chi connectivity index (χ3v) is 4.08. The molecule has 0 fully saturated rings. The number of aryl methyl sites for hydroxylation is 2. The van der Waals surface area contributed by atoms with Gasteiger partial charge < -0.3 is 10.1 Å². The van der Waals surface area contributed by atoms with Crippen LogP contribution in [0.3, 0.4) is 0 Å². The average molecular weight is 303 g/mol. The summed E-state index contributed by atoms with van der Waals surface area (Å²) < 4.78 is 8.92. The first-order valence-electron chi connectivity index (χ1n) is 7.53. The molecule has 1 N–H and O–H groups in total. The van der Waals surface area contributed by atoms with Crippen molar-refractivity contribution in [3.05, 3.63) is 35.4 Å². The van der Waals surface area contributed by atoms with Gasteiger partial charge in [0, 0.05) is 26.9 Å². The highest BCUT2D eigenvalue weighted by atomic mass is 16.5. The highest BCUT2D eigenvalue weighted by Gasteiger charge is 2.23. The Kier molecular flexibility index (Phi) is 4.24. The summed E-state index contributed by atoms with van der Waals surface area (Å²) in [6, 6.07) is 1.65. The molecule has 1 aliphatic heterocycles. The van der Waals surface area contributed by atoms with Crippen LogP contribution in [-0.2, 0) is 24.8 Å². The first-order valence-corrected chi connectivity index (χ1v) is 7.53. The first-order chi connectivity index (χ1) is 10.7. The number of carbonyl (C=O) groups is 1. The quantitative estimate of drug-likeness (QED) is 0.896. The molecular formula is C15H21N5O2. The molecule has 1 amide bonds. The minimum atomic E-state index is -0.232. The number of amides is 1. The highest BCUT2D eigenvalue weighted by Crippen LogP contribution is 2.19. The van der Waals surface area contributed by atoms with E-state index in [4.69, 9.17) is 4.74 Å². The Labute approximate surface area is 129 Å². The number of ether oxygens (including phenoxy) is 1. The van der Waals surface area contributed by atoms with Gasteiger partial charge in [-0.25, -0.2) is 0 Å². The monoisotopic (exact) mass is 303 g/mol. The van der Waals surface area contributed by atoms with E-state index in [0.717, 1.165) is 37.2 Å². The lowest BCUT2D eigenvalue weighted by molar-refractivity contribution is 0.0891. The zero-order chi connectivity index (χ0) is 15.5. The zero-order valence-corrected chi connectivity index (χ0v) is 13.0. The topological polar surface area (TPSA) is 74.0 Å². The second-order valence-corrected chi connectivity index (χ2v) is 5.55. The molecule has 0 saturated heterocycles. The van der Waals surface area contributed by atoms with E-state index < -0.39 is 0 Å². The summed E-state index contributed by atoms with van der Waals surface area (Å²) in [6.45, 7) is 1.29. The standard InChI is InChI=1S/C15H21N5O2/c1-19-14(6-7-16-19)12(10-22-2)18-15(21)11-9-17-20-8-4-3-5-13(11)20/h6-7,9,12H,3-5,8,10H2,1-2H3,(H,18,21)/t12-/m1/s1. The van der Waals surface area contributed by atoms with Gasteiger partial charge in [-0.15, -0.1) is 0 Å². The molecule has 118 valence electrons. The van der Waals surface area contributed by atoms with Crippen molar-refractivity contribution in [2.75, 3.05) is 13.7 Å². The van der Waals surface area contributed by atoms with Crippen LogP contribution in [-0.4, -0.2) is 39.2 Å². The van der Waals surface area contributed by atoms with Gasteiger partial charge in [0.25, 0.3) is 5.91 Å². The van der Waals surface area contributed by atoms with Crippen molar-refractivity contribution in [3.8, 4) is 0 Å². The molecule has 22 heavy (non-hydrogen) atoms. The van der Waals surface area contributed by atoms with Gasteiger partial charge in [0.2, 0.25) is 0 Å². The highest BCUT2D eigenvalue weighted by molar-refractivity contribution is 5.95. The lowest BCUT2D eigenvalue weighted by atomic mass is 10.1. The Balaban J connectivity index is 1.80. The Morgan fingerprint density at radius 1 is 1.45 bits per heavy atom. The molecule has 3 heterocycles. The summed E-state index contributed by atoms with van der Waals surface area (Å²) in [5.41, 5.74) is 2.61. The maximum absolute atomic E-state index is 12.6. The van der Waals surface area contributed by atoms with Crippen molar-refractivity contribution in [1.82, 2.24) is 24.9 Å². The predicted octanol–water partition coefficient (Wildman–Crippen LogP) is 1.07. The molecule has 0 unspecified atom stereocenters. The summed E-state index contributed by atoms with van der Waals surface area (Å²) >= 11 is 0. The lowest BCUT2D eigenvalue weighted by Crippen LogP contribution is -2.33. The fourth-order valence-electron chi connectivity index (χ4n) is 2.94. The fraction of sp³-hybridized carbons (Fsp3) is 0.533. The Morgan fingerprint density at radius 2 is 2.32 bits per heavy atom. The SMILES string of the molecule is COC[C@@H](NC(=O)c1cnn2c1CCCC2)c1ccnn1C. The van der Waals surface area contributed by atoms with Gasteiger partial charge in [0.1, 0.15) is 0 Å². The number of nitrogens with zero attached hydrogens (tertiary/aromatic N) is 4. The van der Waals surface area contributed by atoms with E-state index in [1.165, 1.54) is 0 Å². The van der Waals surface area contributed by atoms with Crippen molar-refractivity contribution in [2.45, 2.75) is 31.8 Å². The van der Waals surface area contributed by atoms with Gasteiger partial charge in [0.15, 0.2) is 0 Å². The van der Waals surface area contributed by atoms with Crippen LogP contribution in [0.25, 0.3) is 0 Å². The van der Waals surface area contributed by atoms with E-state index in [-0.39, 0.29) is 11.9 Å². The molecule has 3 rings (SSSR count). The van der Waals surface area contributed by atoms with Crippen LogP contribution >= 0.6 is 0 Å². The van der Waals surface area contributed by atoms with Crippen LogP contribution in [0.4, 0.5) is 0 Å². The third-order valence-electron chi connectivity index (χ3n) is 4.08. The smallest absolute Gasteiger partial charge is 0.255 e. The molecule has 0 saturated carbocycles. The number of carbonyl (C=O) groups excluding carboxylic acids is 1. The van der Waals surface area contributed by atoms with Crippen molar-refractivity contribution in [3.63, 3.8) is 0 Å². The van der Waals surface area contributed by atoms with Crippen LogP contribution in [0.2, 0.25) is 0 Å². The molecule has 0 aliphatic carbocycles. The van der Waals surface area contributed by atoms with Crippen LogP contribution in [0.1, 0.15) is 40.6 Å². The normalized spacial score (nSPS) is 15.4. The molecular weight excluding hydrogens is 282 g/mol. The van der Waals surface area contributed by atoms with Gasteiger partial charge in [-0.3, -0.25) is 14.2 Å². The predicted molar refractivity (Wildman–Crippen MR) is 80.5 cm³/mol. The molecule has 1 atom stereocenters. The van der Waals surface area contributed by atoms with Crippen molar-refractivity contribution < 1.29 is 9.53 Å². The first kappa shape index (κ1) is 14.8. The molecule has 2 aromatic heterocycles. The Hall–Kier alpha value is -2.15. The van der Waals surface area contributed by atoms with E-state index in [2.05, 4.69) is 15.5 Å². The summed E-state index contributed by atoms with van der Waals surface area (Å²) in [7, 11) is 3.48. The van der Waals surface area contributed by atoms with Gasteiger partial charge in [-0.1, -0.05) is 0 Å². The lowest BCUT2D eigenvalue weighted by Gasteiger charge is -2.19. The Bertz CT molecular complexity index is 661. The summed E-state index contributed by atoms with van der Waals surface area (Å²) in [6.07, 6.45) is 6.52.